The number of rotatable bonds is 0. The van der Waals surface area contributed by atoms with Gasteiger partial charge in [-0.05, 0) is 19.4 Å². The number of aromatic nitrogens is 3. The number of carbonyl (C=O) groups excluding carboxylic acids is 2. The third-order valence-corrected chi connectivity index (χ3v) is 3.17. The summed E-state index contributed by atoms with van der Waals surface area (Å²) >= 11 is 0. The molecule has 0 spiro atoms. The number of fused-ring (bicyclic) bond motifs is 2. The maximum Gasteiger partial charge on any atom is 0.216 e. The summed E-state index contributed by atoms with van der Waals surface area (Å²) in [4.78, 5) is 36.6. The summed E-state index contributed by atoms with van der Waals surface area (Å²) in [5, 5.41) is 0. The minimum Gasteiger partial charge on any atom is -0.287 e. The summed E-state index contributed by atoms with van der Waals surface area (Å²) in [6.07, 6.45) is 4.26. The van der Waals surface area contributed by atoms with Crippen LogP contribution >= 0.6 is 0 Å². The number of ketones is 2. The first-order valence-corrected chi connectivity index (χ1v) is 5.48. The summed E-state index contributed by atoms with van der Waals surface area (Å²) in [5.74, 6) is -0.543. The van der Waals surface area contributed by atoms with Crippen LogP contribution in [-0.2, 0) is 0 Å². The van der Waals surface area contributed by atoms with E-state index in [1.165, 1.54) is 18.6 Å². The van der Waals surface area contributed by atoms with E-state index in [9.17, 15) is 9.59 Å². The van der Waals surface area contributed by atoms with Crippen LogP contribution in [0.15, 0.2) is 18.6 Å². The van der Waals surface area contributed by atoms with Gasteiger partial charge >= 0.3 is 0 Å². The van der Waals surface area contributed by atoms with Gasteiger partial charge < -0.3 is 0 Å². The fraction of sp³-hybridized carbons (Fsp3) is 0.154. The standard InChI is InChI=1S/C13H9N3O2/c1-6-7(2)16-5-8-9(6)13(18)11-10(12(8)17)14-3-4-15-11/h3-5H,1-2H3. The number of nitrogens with zero attached hydrogens (tertiary/aromatic N) is 3. The Morgan fingerprint density at radius 3 is 2.17 bits per heavy atom. The molecule has 0 atom stereocenters. The molecular weight excluding hydrogens is 230 g/mol. The molecule has 0 saturated heterocycles. The third kappa shape index (κ3) is 1.24. The summed E-state index contributed by atoms with van der Waals surface area (Å²) in [7, 11) is 0. The van der Waals surface area contributed by atoms with E-state index in [2.05, 4.69) is 15.0 Å². The Bertz CT molecular complexity index is 707. The largest absolute Gasteiger partial charge is 0.287 e. The molecule has 0 saturated carbocycles. The zero-order chi connectivity index (χ0) is 12.9. The zero-order valence-electron chi connectivity index (χ0n) is 9.89. The molecule has 5 nitrogen and oxygen atoms in total. The molecule has 5 heteroatoms. The molecule has 2 aromatic rings. The Labute approximate surface area is 103 Å². The molecule has 0 aliphatic heterocycles. The minimum atomic E-state index is -0.289. The molecule has 0 unspecified atom stereocenters. The van der Waals surface area contributed by atoms with Gasteiger partial charge in [-0.3, -0.25) is 14.6 Å². The van der Waals surface area contributed by atoms with E-state index in [0.717, 1.165) is 11.3 Å². The van der Waals surface area contributed by atoms with Crippen LogP contribution in [-0.4, -0.2) is 26.5 Å². The van der Waals surface area contributed by atoms with Crippen LogP contribution in [0.4, 0.5) is 0 Å². The van der Waals surface area contributed by atoms with Crippen LogP contribution in [0.5, 0.6) is 0 Å². The Morgan fingerprint density at radius 2 is 1.50 bits per heavy atom. The van der Waals surface area contributed by atoms with Gasteiger partial charge in [0.15, 0.2) is 0 Å². The first-order chi connectivity index (χ1) is 8.61. The van der Waals surface area contributed by atoms with Gasteiger partial charge in [-0.15, -0.1) is 0 Å². The average Bonchev–Trinajstić information content (AvgIpc) is 2.39. The average molecular weight is 239 g/mol. The normalized spacial score (nSPS) is 13.2. The molecule has 1 aliphatic rings. The SMILES string of the molecule is Cc1ncc2c(c1C)C(=O)c1nccnc1C2=O. The van der Waals surface area contributed by atoms with Crippen LogP contribution in [0.2, 0.25) is 0 Å². The van der Waals surface area contributed by atoms with Crippen molar-refractivity contribution in [2.45, 2.75) is 13.8 Å². The van der Waals surface area contributed by atoms with Crippen LogP contribution in [0, 0.1) is 13.8 Å². The van der Waals surface area contributed by atoms with Crippen molar-refractivity contribution in [3.63, 3.8) is 0 Å². The monoisotopic (exact) mass is 239 g/mol. The van der Waals surface area contributed by atoms with Crippen LogP contribution in [0.1, 0.15) is 43.4 Å². The molecular formula is C13H9N3O2. The highest BCUT2D eigenvalue weighted by Gasteiger charge is 2.33. The summed E-state index contributed by atoms with van der Waals surface area (Å²) in [6, 6.07) is 0. The molecule has 0 fully saturated rings. The van der Waals surface area contributed by atoms with E-state index in [1.54, 1.807) is 13.8 Å². The van der Waals surface area contributed by atoms with Crippen LogP contribution < -0.4 is 0 Å². The van der Waals surface area contributed by atoms with E-state index in [1.807, 2.05) is 0 Å². The van der Waals surface area contributed by atoms with Crippen molar-refractivity contribution in [1.82, 2.24) is 15.0 Å². The second-order valence-corrected chi connectivity index (χ2v) is 4.17. The predicted molar refractivity (Wildman–Crippen MR) is 62.6 cm³/mol. The van der Waals surface area contributed by atoms with Crippen LogP contribution in [0.3, 0.4) is 0 Å². The van der Waals surface area contributed by atoms with E-state index in [0.29, 0.717) is 11.1 Å². The van der Waals surface area contributed by atoms with Gasteiger partial charge in [0.05, 0.1) is 5.56 Å². The Morgan fingerprint density at radius 1 is 0.889 bits per heavy atom. The maximum absolute atomic E-state index is 12.3. The van der Waals surface area contributed by atoms with Crippen molar-refractivity contribution in [1.29, 1.82) is 0 Å². The molecule has 0 amide bonds. The number of hydrogen-bond acceptors (Lipinski definition) is 5. The summed E-state index contributed by atoms with van der Waals surface area (Å²) in [5.41, 5.74) is 2.42. The van der Waals surface area contributed by atoms with Crippen LogP contribution in [0.25, 0.3) is 0 Å². The molecule has 0 bridgehead atoms. The smallest absolute Gasteiger partial charge is 0.216 e. The van der Waals surface area contributed by atoms with Crippen molar-refractivity contribution in [3.05, 3.63) is 52.4 Å². The number of hydrogen-bond donors (Lipinski definition) is 0. The molecule has 0 radical (unpaired) electrons. The van der Waals surface area contributed by atoms with Gasteiger partial charge in [-0.1, -0.05) is 0 Å². The summed E-state index contributed by atoms with van der Waals surface area (Å²) < 4.78 is 0. The highest BCUT2D eigenvalue weighted by Crippen LogP contribution is 2.27. The van der Waals surface area contributed by atoms with Gasteiger partial charge in [0, 0.05) is 29.8 Å². The highest BCUT2D eigenvalue weighted by molar-refractivity contribution is 6.27. The van der Waals surface area contributed by atoms with E-state index < -0.39 is 0 Å². The quantitative estimate of drug-likeness (QED) is 0.590. The zero-order valence-corrected chi connectivity index (χ0v) is 9.89. The van der Waals surface area contributed by atoms with E-state index >= 15 is 0 Å². The number of aryl methyl sites for hydroxylation is 1. The lowest BCUT2D eigenvalue weighted by molar-refractivity contribution is 0.0970. The van der Waals surface area contributed by atoms with Crippen molar-refractivity contribution in [3.8, 4) is 0 Å². The Balaban J connectivity index is 2.38. The first-order valence-electron chi connectivity index (χ1n) is 5.48. The summed E-state index contributed by atoms with van der Waals surface area (Å²) in [6.45, 7) is 3.59. The van der Waals surface area contributed by atoms with Crippen molar-refractivity contribution in [2.75, 3.05) is 0 Å². The first kappa shape index (κ1) is 10.7. The third-order valence-electron chi connectivity index (χ3n) is 3.17. The topological polar surface area (TPSA) is 72.8 Å². The fourth-order valence-corrected chi connectivity index (χ4v) is 2.09. The Kier molecular flexibility index (Phi) is 2.10. The molecule has 88 valence electrons. The van der Waals surface area contributed by atoms with Crippen molar-refractivity contribution in [2.24, 2.45) is 0 Å². The molecule has 18 heavy (non-hydrogen) atoms. The Hall–Kier alpha value is -2.43. The molecule has 3 rings (SSSR count). The lowest BCUT2D eigenvalue weighted by Gasteiger charge is -2.17. The molecule has 2 aromatic heterocycles. The fourth-order valence-electron chi connectivity index (χ4n) is 2.09. The molecule has 2 heterocycles. The maximum atomic E-state index is 12.3. The van der Waals surface area contributed by atoms with Gasteiger partial charge in [0.2, 0.25) is 11.6 Å². The highest BCUT2D eigenvalue weighted by atomic mass is 16.1. The molecule has 0 aromatic carbocycles. The van der Waals surface area contributed by atoms with Gasteiger partial charge in [0.25, 0.3) is 0 Å². The predicted octanol–water partition coefficient (Wildman–Crippen LogP) is 1.26. The van der Waals surface area contributed by atoms with E-state index in [4.69, 9.17) is 0 Å². The number of pyridine rings is 1. The lowest BCUT2D eigenvalue weighted by Crippen LogP contribution is -2.25. The van der Waals surface area contributed by atoms with Gasteiger partial charge in [-0.25, -0.2) is 9.97 Å². The van der Waals surface area contributed by atoms with Crippen molar-refractivity contribution >= 4 is 11.6 Å². The van der Waals surface area contributed by atoms with Crippen molar-refractivity contribution < 1.29 is 9.59 Å². The molecule has 1 aliphatic carbocycles. The van der Waals surface area contributed by atoms with E-state index in [-0.39, 0.29) is 23.0 Å². The van der Waals surface area contributed by atoms with Gasteiger partial charge in [-0.2, -0.15) is 0 Å². The lowest BCUT2D eigenvalue weighted by atomic mass is 9.87. The molecule has 0 N–H and O–H groups in total. The number of carbonyl (C=O) groups is 2. The second-order valence-electron chi connectivity index (χ2n) is 4.17. The second kappa shape index (κ2) is 3.53. The van der Waals surface area contributed by atoms with Gasteiger partial charge in [0.1, 0.15) is 11.4 Å². The minimum absolute atomic E-state index is 0.111.